The summed E-state index contributed by atoms with van der Waals surface area (Å²) in [6, 6.07) is 0. The van der Waals surface area contributed by atoms with Gasteiger partial charge in [0.2, 0.25) is 10.0 Å². The van der Waals surface area contributed by atoms with Gasteiger partial charge in [-0.15, -0.1) is 0 Å². The maximum absolute atomic E-state index is 11.9. The van der Waals surface area contributed by atoms with Crippen molar-refractivity contribution in [2.75, 3.05) is 19.6 Å². The molecule has 0 saturated carbocycles. The van der Waals surface area contributed by atoms with Crippen molar-refractivity contribution < 1.29 is 8.42 Å². The lowest BCUT2D eigenvalue weighted by Crippen LogP contribution is -2.44. The minimum atomic E-state index is -3.12. The van der Waals surface area contributed by atoms with Crippen LogP contribution in [0.5, 0.6) is 0 Å². The molecule has 1 aliphatic rings. The van der Waals surface area contributed by atoms with Gasteiger partial charge in [-0.3, -0.25) is 0 Å². The third-order valence-electron chi connectivity index (χ3n) is 2.87. The van der Waals surface area contributed by atoms with Gasteiger partial charge in [0.15, 0.2) is 0 Å². The molecular weight excluding hydrogens is 224 g/mol. The summed E-state index contributed by atoms with van der Waals surface area (Å²) in [4.78, 5) is 0. The first-order valence-electron chi connectivity index (χ1n) is 6.00. The normalized spacial score (nSPS) is 23.3. The summed E-state index contributed by atoms with van der Waals surface area (Å²) in [7, 11) is -3.12. The van der Waals surface area contributed by atoms with E-state index in [0.717, 1.165) is 25.8 Å². The highest BCUT2D eigenvalue weighted by Gasteiger charge is 2.26. The molecule has 1 fully saturated rings. The van der Waals surface area contributed by atoms with Gasteiger partial charge in [-0.05, 0) is 31.2 Å². The van der Waals surface area contributed by atoms with E-state index in [-0.39, 0.29) is 10.7 Å². The highest BCUT2D eigenvalue weighted by molar-refractivity contribution is 7.90. The summed E-state index contributed by atoms with van der Waals surface area (Å²) in [5.41, 5.74) is 0.174. The van der Waals surface area contributed by atoms with Crippen LogP contribution in [0, 0.1) is 5.41 Å². The minimum absolute atomic E-state index is 0.174. The first kappa shape index (κ1) is 13.9. The van der Waals surface area contributed by atoms with Crippen LogP contribution in [-0.4, -0.2) is 33.3 Å². The monoisotopic (exact) mass is 248 g/mol. The first-order valence-corrected chi connectivity index (χ1v) is 7.55. The second-order valence-corrected chi connectivity index (χ2v) is 7.76. The second-order valence-electron chi connectivity index (χ2n) is 5.72. The summed E-state index contributed by atoms with van der Waals surface area (Å²) in [6.07, 6.45) is 2.59. The average Bonchev–Trinajstić information content (AvgIpc) is 2.17. The van der Waals surface area contributed by atoms with Crippen LogP contribution in [-0.2, 0) is 10.0 Å². The Labute approximate surface area is 99.2 Å². The number of hydrogen-bond donors (Lipinski definition) is 2. The van der Waals surface area contributed by atoms with Crippen molar-refractivity contribution in [3.63, 3.8) is 0 Å². The van der Waals surface area contributed by atoms with E-state index in [1.54, 1.807) is 0 Å². The lowest BCUT2D eigenvalue weighted by atomic mass is 9.93. The molecule has 1 atom stereocenters. The number of piperidine rings is 1. The predicted molar refractivity (Wildman–Crippen MR) is 66.9 cm³/mol. The molecule has 0 spiro atoms. The van der Waals surface area contributed by atoms with E-state index in [2.05, 4.69) is 30.8 Å². The van der Waals surface area contributed by atoms with Crippen molar-refractivity contribution in [2.45, 2.75) is 45.3 Å². The minimum Gasteiger partial charge on any atom is -0.315 e. The predicted octanol–water partition coefficient (Wildman–Crippen LogP) is 1.09. The molecule has 16 heavy (non-hydrogen) atoms. The van der Waals surface area contributed by atoms with Crippen molar-refractivity contribution in [3.05, 3.63) is 0 Å². The topological polar surface area (TPSA) is 58.2 Å². The molecular formula is C11H24N2O2S. The van der Waals surface area contributed by atoms with E-state index in [4.69, 9.17) is 0 Å². The maximum Gasteiger partial charge on any atom is 0.215 e. The van der Waals surface area contributed by atoms with Gasteiger partial charge in [-0.1, -0.05) is 20.8 Å². The molecule has 0 aromatic carbocycles. The van der Waals surface area contributed by atoms with Crippen molar-refractivity contribution in [1.82, 2.24) is 10.0 Å². The fourth-order valence-electron chi connectivity index (χ4n) is 1.77. The first-order chi connectivity index (χ1) is 7.31. The molecule has 1 unspecified atom stereocenters. The summed E-state index contributed by atoms with van der Waals surface area (Å²) in [5.74, 6) is 0. The van der Waals surface area contributed by atoms with Crippen LogP contribution in [0.25, 0.3) is 0 Å². The molecule has 1 aliphatic heterocycles. The second kappa shape index (κ2) is 5.47. The van der Waals surface area contributed by atoms with E-state index in [9.17, 15) is 8.42 Å². The average molecular weight is 248 g/mol. The summed E-state index contributed by atoms with van der Waals surface area (Å²) >= 11 is 0. The number of sulfonamides is 1. The summed E-state index contributed by atoms with van der Waals surface area (Å²) < 4.78 is 26.6. The molecule has 0 amide bonds. The van der Waals surface area contributed by atoms with Gasteiger partial charge in [-0.25, -0.2) is 13.1 Å². The molecule has 1 heterocycles. The highest BCUT2D eigenvalue weighted by Crippen LogP contribution is 2.18. The number of rotatable bonds is 4. The molecule has 1 rings (SSSR count). The Morgan fingerprint density at radius 2 is 2.06 bits per heavy atom. The van der Waals surface area contributed by atoms with Gasteiger partial charge in [0.25, 0.3) is 0 Å². The lowest BCUT2D eigenvalue weighted by Gasteiger charge is -2.24. The van der Waals surface area contributed by atoms with Crippen LogP contribution in [0.15, 0.2) is 0 Å². The van der Waals surface area contributed by atoms with Crippen molar-refractivity contribution in [2.24, 2.45) is 5.41 Å². The van der Waals surface area contributed by atoms with E-state index < -0.39 is 10.0 Å². The Balaban J connectivity index is 2.39. The Morgan fingerprint density at radius 1 is 1.38 bits per heavy atom. The molecule has 1 saturated heterocycles. The molecule has 0 radical (unpaired) electrons. The molecule has 96 valence electrons. The van der Waals surface area contributed by atoms with Crippen LogP contribution in [0.4, 0.5) is 0 Å². The van der Waals surface area contributed by atoms with Gasteiger partial charge in [-0.2, -0.15) is 0 Å². The summed E-state index contributed by atoms with van der Waals surface area (Å²) in [5, 5.41) is 2.88. The molecule has 2 N–H and O–H groups in total. The lowest BCUT2D eigenvalue weighted by molar-refractivity contribution is 0.377. The molecule has 0 aliphatic carbocycles. The van der Waals surface area contributed by atoms with Crippen molar-refractivity contribution in [1.29, 1.82) is 0 Å². The van der Waals surface area contributed by atoms with Gasteiger partial charge in [0.05, 0.1) is 5.25 Å². The van der Waals surface area contributed by atoms with E-state index in [0.29, 0.717) is 13.1 Å². The molecule has 0 aromatic rings. The molecule has 0 bridgehead atoms. The van der Waals surface area contributed by atoms with Crippen LogP contribution >= 0.6 is 0 Å². The summed E-state index contributed by atoms with van der Waals surface area (Å²) in [6.45, 7) is 8.41. The molecule has 4 nitrogen and oxygen atoms in total. The fraction of sp³-hybridized carbons (Fsp3) is 1.00. The highest BCUT2D eigenvalue weighted by atomic mass is 32.2. The smallest absolute Gasteiger partial charge is 0.215 e. The van der Waals surface area contributed by atoms with Crippen LogP contribution in [0.2, 0.25) is 0 Å². The zero-order chi connectivity index (χ0) is 12.2. The Hall–Kier alpha value is -0.130. The fourth-order valence-corrected chi connectivity index (χ4v) is 3.21. The third kappa shape index (κ3) is 4.80. The zero-order valence-corrected chi connectivity index (χ0v) is 11.4. The van der Waals surface area contributed by atoms with Crippen LogP contribution in [0.3, 0.4) is 0 Å². The molecule has 5 heteroatoms. The van der Waals surface area contributed by atoms with Gasteiger partial charge >= 0.3 is 0 Å². The van der Waals surface area contributed by atoms with E-state index in [1.165, 1.54) is 0 Å². The Morgan fingerprint density at radius 3 is 2.56 bits per heavy atom. The Bertz CT molecular complexity index is 300. The van der Waals surface area contributed by atoms with Crippen LogP contribution in [0.1, 0.15) is 40.0 Å². The number of hydrogen-bond acceptors (Lipinski definition) is 3. The van der Waals surface area contributed by atoms with Crippen molar-refractivity contribution >= 4 is 10.0 Å². The van der Waals surface area contributed by atoms with Crippen molar-refractivity contribution in [3.8, 4) is 0 Å². The molecule has 0 aromatic heterocycles. The maximum atomic E-state index is 11.9. The van der Waals surface area contributed by atoms with E-state index >= 15 is 0 Å². The van der Waals surface area contributed by atoms with E-state index in [1.807, 2.05) is 0 Å². The van der Waals surface area contributed by atoms with Crippen LogP contribution < -0.4 is 10.0 Å². The zero-order valence-electron chi connectivity index (χ0n) is 10.5. The van der Waals surface area contributed by atoms with Gasteiger partial charge in [0.1, 0.15) is 0 Å². The third-order valence-corrected chi connectivity index (χ3v) is 4.76. The number of nitrogens with one attached hydrogen (secondary N) is 2. The van der Waals surface area contributed by atoms with Gasteiger partial charge in [0, 0.05) is 13.1 Å². The SMILES string of the molecule is CC(C)(C)CCNS(=O)(=O)C1CCCNC1. The standard InChI is InChI=1S/C11H24N2O2S/c1-11(2,3)6-8-13-16(14,15)10-5-4-7-12-9-10/h10,12-13H,4-9H2,1-3H3. The largest absolute Gasteiger partial charge is 0.315 e. The Kier molecular flexibility index (Phi) is 4.76. The van der Waals surface area contributed by atoms with Gasteiger partial charge < -0.3 is 5.32 Å². The quantitative estimate of drug-likeness (QED) is 0.783.